The highest BCUT2D eigenvalue weighted by Gasteiger charge is 2.40. The van der Waals surface area contributed by atoms with Gasteiger partial charge < -0.3 is 14.4 Å². The molecule has 0 spiro atoms. The summed E-state index contributed by atoms with van der Waals surface area (Å²) >= 11 is 0. The van der Waals surface area contributed by atoms with Crippen molar-refractivity contribution < 1.29 is 0 Å². The molecule has 0 radical (unpaired) electrons. The Morgan fingerprint density at radius 2 is 1.18 bits per heavy atom. The number of fused-ring (bicyclic) bond motifs is 6. The third-order valence-electron chi connectivity index (χ3n) is 14.7. The summed E-state index contributed by atoms with van der Waals surface area (Å²) in [7, 11) is 0. The predicted molar refractivity (Wildman–Crippen MR) is 290 cm³/mol. The average Bonchev–Trinajstić information content (AvgIpc) is 3.82. The molecule has 1 aromatic heterocycles. The summed E-state index contributed by atoms with van der Waals surface area (Å²) in [6.45, 7) is 11.6. The van der Waals surface area contributed by atoms with Gasteiger partial charge in [0.05, 0.1) is 22.8 Å². The molecule has 3 nitrogen and oxygen atoms in total. The molecule has 1 atom stereocenters. The highest BCUT2D eigenvalue weighted by molar-refractivity contribution is 6.11. The highest BCUT2D eigenvalue weighted by atomic mass is 15.2. The number of anilines is 5. The van der Waals surface area contributed by atoms with E-state index in [4.69, 9.17) is 0 Å². The number of aromatic nitrogens is 1. The van der Waals surface area contributed by atoms with Crippen LogP contribution in [0.25, 0.3) is 55.0 Å². The van der Waals surface area contributed by atoms with E-state index in [0.29, 0.717) is 0 Å². The van der Waals surface area contributed by atoms with Gasteiger partial charge in [0.15, 0.2) is 0 Å². The summed E-state index contributed by atoms with van der Waals surface area (Å²) in [6, 6.07) is 78.7. The van der Waals surface area contributed by atoms with E-state index in [1.165, 1.54) is 66.1 Å². The van der Waals surface area contributed by atoms with Crippen LogP contribution in [0.4, 0.5) is 28.4 Å². The van der Waals surface area contributed by atoms with Gasteiger partial charge in [-0.05, 0) is 141 Å². The number of hydrogen-bond donors (Lipinski definition) is 0. The quantitative estimate of drug-likeness (QED) is 0.151. The van der Waals surface area contributed by atoms with Crippen molar-refractivity contribution >= 4 is 66.6 Å². The van der Waals surface area contributed by atoms with Crippen molar-refractivity contribution in [3.63, 3.8) is 0 Å². The van der Waals surface area contributed by atoms with Gasteiger partial charge >= 0.3 is 0 Å². The molecule has 2 aliphatic carbocycles. The number of benzene rings is 9. The number of hydrogen-bond acceptors (Lipinski definition) is 2. The van der Waals surface area contributed by atoms with E-state index in [0.717, 1.165) is 46.0 Å². The van der Waals surface area contributed by atoms with Crippen molar-refractivity contribution in [3.05, 3.63) is 247 Å². The van der Waals surface area contributed by atoms with Gasteiger partial charge in [0.2, 0.25) is 0 Å². The number of allylic oxidation sites excluding steroid dienone is 2. The smallest absolute Gasteiger partial charge is 0.0563 e. The van der Waals surface area contributed by atoms with E-state index < -0.39 is 0 Å². The minimum Gasteiger partial charge on any atom is -0.334 e. The first-order chi connectivity index (χ1) is 33.1. The molecule has 1 heterocycles. The van der Waals surface area contributed by atoms with Crippen molar-refractivity contribution in [2.45, 2.75) is 57.9 Å². The van der Waals surface area contributed by atoms with Crippen molar-refractivity contribution in [1.29, 1.82) is 0 Å². The summed E-state index contributed by atoms with van der Waals surface area (Å²) in [5.41, 5.74) is 18.5. The minimum atomic E-state index is -0.0639. The zero-order valence-electron chi connectivity index (χ0n) is 39.5. The van der Waals surface area contributed by atoms with Gasteiger partial charge in [-0.1, -0.05) is 174 Å². The summed E-state index contributed by atoms with van der Waals surface area (Å²) in [5, 5.41) is 4.89. The van der Waals surface area contributed by atoms with Gasteiger partial charge in [0.1, 0.15) is 0 Å². The van der Waals surface area contributed by atoms with E-state index in [9.17, 15) is 0 Å². The molecule has 2 aliphatic rings. The van der Waals surface area contributed by atoms with Crippen LogP contribution < -0.4 is 9.80 Å². The fourth-order valence-corrected chi connectivity index (χ4v) is 11.2. The Labute approximate surface area is 400 Å². The summed E-state index contributed by atoms with van der Waals surface area (Å²) in [5.74, 6) is 0. The largest absolute Gasteiger partial charge is 0.334 e. The SMILES string of the molecule is CC(C)(C)c1ccc(-n2c3ccccc3c3cc(-c4cc(N(c5ccccc5)C5C=CC6=C(C5)C(C)(C)c5ccccc56)ccc4N(c4ccccc4)c4ccc5ccccc5c4)ccc32)cc1. The zero-order valence-corrected chi connectivity index (χ0v) is 39.5. The Morgan fingerprint density at radius 1 is 0.515 bits per heavy atom. The third kappa shape index (κ3) is 6.96. The van der Waals surface area contributed by atoms with Crippen molar-refractivity contribution in [1.82, 2.24) is 4.57 Å². The third-order valence-corrected chi connectivity index (χ3v) is 14.7. The summed E-state index contributed by atoms with van der Waals surface area (Å²) in [6.07, 6.45) is 5.77. The first-order valence-corrected chi connectivity index (χ1v) is 24.1. The highest BCUT2D eigenvalue weighted by Crippen LogP contribution is 2.52. The molecule has 68 heavy (non-hydrogen) atoms. The molecule has 0 saturated heterocycles. The fraction of sp³-hybridized carbons (Fsp3) is 0.138. The van der Waals surface area contributed by atoms with E-state index in [-0.39, 0.29) is 16.9 Å². The minimum absolute atomic E-state index is 0.0639. The van der Waals surface area contributed by atoms with Crippen LogP contribution >= 0.6 is 0 Å². The van der Waals surface area contributed by atoms with Gasteiger partial charge in [-0.15, -0.1) is 0 Å². The monoisotopic (exact) mass is 877 g/mol. The summed E-state index contributed by atoms with van der Waals surface area (Å²) in [4.78, 5) is 5.01. The maximum atomic E-state index is 2.57. The Morgan fingerprint density at radius 3 is 1.96 bits per heavy atom. The van der Waals surface area contributed by atoms with Crippen LogP contribution in [0.2, 0.25) is 0 Å². The van der Waals surface area contributed by atoms with E-state index in [1.807, 2.05) is 0 Å². The van der Waals surface area contributed by atoms with Crippen LogP contribution in [-0.2, 0) is 10.8 Å². The lowest BCUT2D eigenvalue weighted by molar-refractivity contribution is 0.585. The fourth-order valence-electron chi connectivity index (χ4n) is 11.2. The molecule has 1 unspecified atom stereocenters. The molecule has 0 amide bonds. The first kappa shape index (κ1) is 41.5. The lowest BCUT2D eigenvalue weighted by Crippen LogP contribution is -2.33. The molecule has 330 valence electrons. The maximum absolute atomic E-state index is 2.57. The zero-order chi connectivity index (χ0) is 46.1. The molecule has 0 saturated carbocycles. The molecule has 0 bridgehead atoms. The second-order valence-corrected chi connectivity index (χ2v) is 20.2. The normalized spacial score (nSPS) is 15.2. The van der Waals surface area contributed by atoms with E-state index >= 15 is 0 Å². The van der Waals surface area contributed by atoms with E-state index in [1.54, 1.807) is 0 Å². The first-order valence-electron chi connectivity index (χ1n) is 24.1. The molecule has 9 aromatic carbocycles. The van der Waals surface area contributed by atoms with Crippen molar-refractivity contribution in [3.8, 4) is 16.8 Å². The van der Waals surface area contributed by atoms with Gasteiger partial charge in [-0.25, -0.2) is 0 Å². The lowest BCUT2D eigenvalue weighted by atomic mass is 9.77. The second kappa shape index (κ2) is 16.2. The molecule has 3 heteroatoms. The molecule has 10 aromatic rings. The van der Waals surface area contributed by atoms with Gasteiger partial charge in [0.25, 0.3) is 0 Å². The van der Waals surface area contributed by atoms with Gasteiger partial charge in [0, 0.05) is 50.2 Å². The average molecular weight is 878 g/mol. The van der Waals surface area contributed by atoms with Crippen LogP contribution in [0, 0.1) is 0 Å². The number of rotatable bonds is 8. The molecule has 0 N–H and O–H groups in total. The molecule has 0 fully saturated rings. The molecular formula is C65H55N3. The van der Waals surface area contributed by atoms with Crippen LogP contribution in [0.15, 0.2) is 230 Å². The topological polar surface area (TPSA) is 11.4 Å². The Hall–Kier alpha value is -7.88. The predicted octanol–water partition coefficient (Wildman–Crippen LogP) is 17.6. The Kier molecular flexibility index (Phi) is 9.88. The van der Waals surface area contributed by atoms with E-state index in [2.05, 4.69) is 273 Å². The van der Waals surface area contributed by atoms with Gasteiger partial charge in [-0.3, -0.25) is 0 Å². The number of nitrogens with zero attached hydrogens (tertiary/aromatic N) is 3. The molecule has 0 aliphatic heterocycles. The van der Waals surface area contributed by atoms with Gasteiger partial charge in [-0.2, -0.15) is 0 Å². The Balaban J connectivity index is 1.07. The standard InChI is InChI=1S/C65H55N3/c1-64(2,3)47-30-33-50(34-31-47)68-61-27-17-15-25-56(61)58-41-46(29-38-63(58)68)57-42-52(36-39-62(57)67(49-22-10-7-11-23-49)51-32-28-44-18-12-13-19-45(44)40-51)66(48-20-8-6-9-21-48)53-35-37-55-54-24-14-16-26-59(54)65(4,5)60(55)43-53/h6-42,53H,43H2,1-5H3. The molecule has 12 rings (SSSR count). The number of para-hydroxylation sites is 3. The molecular weight excluding hydrogens is 823 g/mol. The van der Waals surface area contributed by atoms with Crippen LogP contribution in [0.5, 0.6) is 0 Å². The lowest BCUT2D eigenvalue weighted by Gasteiger charge is -2.37. The van der Waals surface area contributed by atoms with Crippen LogP contribution in [0.1, 0.15) is 57.7 Å². The Bertz CT molecular complexity index is 3600. The maximum Gasteiger partial charge on any atom is 0.0563 e. The summed E-state index contributed by atoms with van der Waals surface area (Å²) < 4.78 is 2.43. The van der Waals surface area contributed by atoms with Crippen LogP contribution in [-0.4, -0.2) is 10.6 Å². The van der Waals surface area contributed by atoms with Crippen molar-refractivity contribution in [2.75, 3.05) is 9.80 Å². The second-order valence-electron chi connectivity index (χ2n) is 20.2. The van der Waals surface area contributed by atoms with Crippen LogP contribution in [0.3, 0.4) is 0 Å². The van der Waals surface area contributed by atoms with Crippen molar-refractivity contribution in [2.24, 2.45) is 0 Å².